The van der Waals surface area contributed by atoms with Crippen LogP contribution in [-0.4, -0.2) is 47.4 Å². The van der Waals surface area contributed by atoms with Crippen LogP contribution < -0.4 is 5.32 Å². The Hall–Kier alpha value is -1.30. The molecule has 7 heteroatoms. The fraction of sp³-hybridized carbons (Fsp3) is 0.812. The fourth-order valence-corrected chi connectivity index (χ4v) is 6.15. The molecular weight excluding hydrogens is 320 g/mol. The van der Waals surface area contributed by atoms with Gasteiger partial charge < -0.3 is 10.1 Å². The van der Waals surface area contributed by atoms with Crippen LogP contribution in [0.3, 0.4) is 0 Å². The van der Waals surface area contributed by atoms with Crippen LogP contribution in [0.4, 0.5) is 4.79 Å². The maximum absolute atomic E-state index is 12.7. The van der Waals surface area contributed by atoms with E-state index in [4.69, 9.17) is 16.3 Å². The molecule has 4 saturated carbocycles. The molecule has 0 spiro atoms. The maximum atomic E-state index is 12.7. The van der Waals surface area contributed by atoms with Crippen molar-refractivity contribution in [3.8, 4) is 0 Å². The number of nitrogens with one attached hydrogen (secondary N) is 1. The number of amides is 3. The highest BCUT2D eigenvalue weighted by Gasteiger charge is 2.60. The van der Waals surface area contributed by atoms with Gasteiger partial charge >= 0.3 is 12.0 Å². The molecule has 1 aliphatic heterocycles. The lowest BCUT2D eigenvalue weighted by Crippen LogP contribution is -2.56. The second-order valence-corrected chi connectivity index (χ2v) is 8.55. The lowest BCUT2D eigenvalue weighted by Gasteiger charge is -2.58. The summed E-state index contributed by atoms with van der Waals surface area (Å²) in [6, 6.07) is -0.416. The molecule has 23 heavy (non-hydrogen) atoms. The number of hydrogen-bond acceptors (Lipinski definition) is 4. The average molecular weight is 341 g/mol. The van der Waals surface area contributed by atoms with E-state index in [9.17, 15) is 14.4 Å². The van der Waals surface area contributed by atoms with Crippen molar-refractivity contribution in [1.29, 1.82) is 0 Å². The molecule has 5 rings (SSSR count). The van der Waals surface area contributed by atoms with E-state index in [1.807, 2.05) is 0 Å². The van der Waals surface area contributed by atoms with Gasteiger partial charge in [0, 0.05) is 18.0 Å². The Morgan fingerprint density at radius 1 is 1.26 bits per heavy atom. The zero-order chi connectivity index (χ0) is 16.2. The molecule has 1 saturated heterocycles. The molecule has 2 atom stereocenters. The van der Waals surface area contributed by atoms with E-state index in [1.165, 1.54) is 0 Å². The van der Waals surface area contributed by atoms with Crippen molar-refractivity contribution < 1.29 is 19.1 Å². The smallest absolute Gasteiger partial charge is 0.324 e. The third-order valence-electron chi connectivity index (χ3n) is 5.91. The van der Waals surface area contributed by atoms with Crippen molar-refractivity contribution in [2.75, 3.05) is 19.7 Å². The largest absolute Gasteiger partial charge is 0.455 e. The normalized spacial score (nSPS) is 41.1. The van der Waals surface area contributed by atoms with Crippen LogP contribution in [-0.2, 0) is 14.3 Å². The van der Waals surface area contributed by atoms with Gasteiger partial charge in [-0.1, -0.05) is 0 Å². The van der Waals surface area contributed by atoms with E-state index >= 15 is 0 Å². The number of ether oxygens (including phenoxy) is 1. The SMILES string of the molecule is O=C(COC(=O)C12CC3CC(CC(Cl)(C3)C1)C2)N1CCNC1=O. The van der Waals surface area contributed by atoms with Gasteiger partial charge in [-0.25, -0.2) is 4.79 Å². The second-order valence-electron chi connectivity index (χ2n) is 7.75. The number of alkyl halides is 1. The molecule has 0 radical (unpaired) electrons. The van der Waals surface area contributed by atoms with Crippen LogP contribution in [0.1, 0.15) is 38.5 Å². The molecule has 3 amide bonds. The van der Waals surface area contributed by atoms with Gasteiger partial charge in [-0.3, -0.25) is 14.5 Å². The molecule has 0 aromatic heterocycles. The third kappa shape index (κ3) is 2.51. The topological polar surface area (TPSA) is 75.7 Å². The van der Waals surface area contributed by atoms with Crippen molar-refractivity contribution in [1.82, 2.24) is 10.2 Å². The first-order chi connectivity index (χ1) is 10.9. The van der Waals surface area contributed by atoms with Crippen LogP contribution in [0.15, 0.2) is 0 Å². The van der Waals surface area contributed by atoms with Crippen LogP contribution in [0.2, 0.25) is 0 Å². The minimum absolute atomic E-state index is 0.262. The molecule has 6 nitrogen and oxygen atoms in total. The molecule has 4 aliphatic carbocycles. The predicted molar refractivity (Wildman–Crippen MR) is 81.8 cm³/mol. The number of nitrogens with zero attached hydrogens (tertiary/aromatic N) is 1. The fourth-order valence-electron chi connectivity index (χ4n) is 5.46. The molecule has 0 aromatic carbocycles. The van der Waals surface area contributed by atoms with E-state index in [1.54, 1.807) is 0 Å². The van der Waals surface area contributed by atoms with Crippen molar-refractivity contribution >= 4 is 29.5 Å². The van der Waals surface area contributed by atoms with Gasteiger partial charge in [-0.05, 0) is 50.4 Å². The molecule has 1 heterocycles. The van der Waals surface area contributed by atoms with Gasteiger partial charge in [0.15, 0.2) is 6.61 Å². The summed E-state index contributed by atoms with van der Waals surface area (Å²) in [6.07, 6.45) is 5.46. The number of halogens is 1. The highest BCUT2D eigenvalue weighted by atomic mass is 35.5. The van der Waals surface area contributed by atoms with E-state index in [-0.39, 0.29) is 17.5 Å². The lowest BCUT2D eigenvalue weighted by molar-refractivity contribution is -0.172. The number of esters is 1. The van der Waals surface area contributed by atoms with Crippen LogP contribution in [0, 0.1) is 17.3 Å². The highest BCUT2D eigenvalue weighted by molar-refractivity contribution is 6.24. The zero-order valence-electron chi connectivity index (χ0n) is 13.0. The Balaban J connectivity index is 1.41. The van der Waals surface area contributed by atoms with Crippen molar-refractivity contribution in [3.63, 3.8) is 0 Å². The van der Waals surface area contributed by atoms with Crippen molar-refractivity contribution in [2.24, 2.45) is 17.3 Å². The van der Waals surface area contributed by atoms with Crippen molar-refractivity contribution in [3.05, 3.63) is 0 Å². The minimum Gasteiger partial charge on any atom is -0.455 e. The number of imide groups is 1. The molecule has 1 N–H and O–H groups in total. The highest BCUT2D eigenvalue weighted by Crippen LogP contribution is 2.64. The first kappa shape index (κ1) is 15.2. The molecule has 0 aromatic rings. The Labute approximate surface area is 139 Å². The van der Waals surface area contributed by atoms with E-state index in [0.29, 0.717) is 31.3 Å². The Kier molecular flexibility index (Phi) is 3.38. The van der Waals surface area contributed by atoms with Crippen LogP contribution in [0.25, 0.3) is 0 Å². The first-order valence-corrected chi connectivity index (χ1v) is 8.71. The summed E-state index contributed by atoms with van der Waals surface area (Å²) in [6.45, 7) is 0.411. The van der Waals surface area contributed by atoms with E-state index < -0.39 is 17.4 Å². The van der Waals surface area contributed by atoms with Crippen molar-refractivity contribution in [2.45, 2.75) is 43.4 Å². The van der Waals surface area contributed by atoms with Crippen LogP contribution in [0.5, 0.6) is 0 Å². The summed E-state index contributed by atoms with van der Waals surface area (Å²) in [7, 11) is 0. The summed E-state index contributed by atoms with van der Waals surface area (Å²) in [5.41, 5.74) is -0.515. The van der Waals surface area contributed by atoms with E-state index in [0.717, 1.165) is 37.0 Å². The summed E-state index contributed by atoms with van der Waals surface area (Å²) in [4.78, 5) is 37.0. The zero-order valence-corrected chi connectivity index (χ0v) is 13.7. The van der Waals surface area contributed by atoms with Crippen LogP contribution >= 0.6 is 11.6 Å². The average Bonchev–Trinajstić information content (AvgIpc) is 2.88. The Morgan fingerprint density at radius 3 is 2.52 bits per heavy atom. The summed E-state index contributed by atoms with van der Waals surface area (Å²) in [5.74, 6) is 0.242. The first-order valence-electron chi connectivity index (χ1n) is 8.34. The predicted octanol–water partition coefficient (Wildman–Crippen LogP) is 1.66. The standard InChI is InChI=1S/C16H21ClN2O4/c17-16-6-10-3-11(7-16)5-15(4-10,9-16)13(21)23-8-12(20)19-2-1-18-14(19)22/h10-11H,1-9H2,(H,18,22). The van der Waals surface area contributed by atoms with Gasteiger partial charge in [0.05, 0.1) is 5.41 Å². The molecule has 126 valence electrons. The maximum Gasteiger partial charge on any atom is 0.324 e. The van der Waals surface area contributed by atoms with Gasteiger partial charge in [0.25, 0.3) is 5.91 Å². The third-order valence-corrected chi connectivity index (χ3v) is 6.35. The number of carbonyl (C=O) groups is 3. The summed E-state index contributed by atoms with van der Waals surface area (Å²) >= 11 is 6.71. The number of hydrogen-bond donors (Lipinski definition) is 1. The van der Waals surface area contributed by atoms with Gasteiger partial charge in [-0.2, -0.15) is 0 Å². The molecule has 4 bridgehead atoms. The van der Waals surface area contributed by atoms with E-state index in [2.05, 4.69) is 5.32 Å². The van der Waals surface area contributed by atoms with Gasteiger partial charge in [0.2, 0.25) is 0 Å². The van der Waals surface area contributed by atoms with Gasteiger partial charge in [-0.15, -0.1) is 11.6 Å². The Bertz CT molecular complexity index is 564. The monoisotopic (exact) mass is 340 g/mol. The lowest BCUT2D eigenvalue weighted by atomic mass is 9.49. The molecule has 5 fully saturated rings. The van der Waals surface area contributed by atoms with Gasteiger partial charge in [0.1, 0.15) is 0 Å². The summed E-state index contributed by atoms with van der Waals surface area (Å²) < 4.78 is 5.33. The molecular formula is C16H21ClN2O4. The minimum atomic E-state index is -0.515. The summed E-state index contributed by atoms with van der Waals surface area (Å²) in [5, 5.41) is 2.56. The molecule has 5 aliphatic rings. The number of urea groups is 1. The Morgan fingerprint density at radius 2 is 1.96 bits per heavy atom. The number of rotatable bonds is 3. The molecule has 2 unspecified atom stereocenters. The second kappa shape index (κ2) is 5.10. The number of carbonyl (C=O) groups excluding carboxylic acids is 3. The quantitative estimate of drug-likeness (QED) is 0.626.